The smallest absolute Gasteiger partial charge is 0.747 e. The van der Waals surface area contributed by atoms with Crippen LogP contribution in [-0.4, -0.2) is 75.2 Å². The average molecular weight is 470 g/mol. The van der Waals surface area contributed by atoms with Crippen LogP contribution in [0.5, 0.6) is 0 Å². The van der Waals surface area contributed by atoms with E-state index in [2.05, 4.69) is 14.2 Å². The predicted molar refractivity (Wildman–Crippen MR) is 72.5 cm³/mol. The fourth-order valence-electron chi connectivity index (χ4n) is 1.76. The molecule has 0 aliphatic rings. The molecule has 3 unspecified atom stereocenters. The van der Waals surface area contributed by atoms with Gasteiger partial charge in [0.1, 0.15) is 10.1 Å². The van der Waals surface area contributed by atoms with Gasteiger partial charge >= 0.3 is 59.6 Å². The topological polar surface area (TPSA) is 136 Å². The Balaban J connectivity index is 0. The van der Waals surface area contributed by atoms with E-state index in [0.717, 1.165) is 7.11 Å². The molecule has 0 N–H and O–H groups in total. The second-order valence-electron chi connectivity index (χ2n) is 5.10. The Kier molecular flexibility index (Phi) is 11.8. The Hall–Kier alpha value is -1.10. The van der Waals surface area contributed by atoms with Crippen LogP contribution >= 0.6 is 0 Å². The van der Waals surface area contributed by atoms with Gasteiger partial charge in [-0.05, 0) is 0 Å². The van der Waals surface area contributed by atoms with Gasteiger partial charge in [-0.3, -0.25) is 14.4 Å². The van der Waals surface area contributed by atoms with Gasteiger partial charge in [0, 0.05) is 0 Å². The van der Waals surface area contributed by atoms with E-state index < -0.39 is 70.5 Å². The first-order valence-corrected chi connectivity index (χ1v) is 8.30. The number of alkyl halides is 6. The maximum absolute atomic E-state index is 13.2. The Bertz CT molecular complexity index is 696. The summed E-state index contributed by atoms with van der Waals surface area (Å²) in [6, 6.07) is 0. The standard InChI is InChI=1S/C12H14F6O9S.Na/c1-25-6(19)3-5(7(9(21)26-2)28(22,23)24)8(20)27-4-11(14,15)10(13)12(16,17)18;/h5,7,10H,3-4H2,1-2H3,(H,22,23,24);/q;+1/p-1. The number of halogens is 6. The first-order valence-electron chi connectivity index (χ1n) is 6.83. The van der Waals surface area contributed by atoms with Crippen LogP contribution in [0.15, 0.2) is 0 Å². The summed E-state index contributed by atoms with van der Waals surface area (Å²) in [7, 11) is -4.44. The first kappa shape index (κ1) is 30.1. The number of rotatable bonds is 9. The van der Waals surface area contributed by atoms with E-state index in [-0.39, 0.29) is 29.6 Å². The second-order valence-corrected chi connectivity index (χ2v) is 6.59. The molecule has 0 rings (SSSR count). The number of esters is 3. The molecule has 0 radical (unpaired) electrons. The molecule has 0 aromatic rings. The van der Waals surface area contributed by atoms with Gasteiger partial charge in [0.15, 0.2) is 11.9 Å². The van der Waals surface area contributed by atoms with Crippen molar-refractivity contribution in [3.8, 4) is 0 Å². The van der Waals surface area contributed by atoms with Gasteiger partial charge in [0.25, 0.3) is 6.17 Å². The summed E-state index contributed by atoms with van der Waals surface area (Å²) in [4.78, 5) is 34.6. The fraction of sp³-hybridized carbons (Fsp3) is 0.750. The monoisotopic (exact) mass is 470 g/mol. The molecule has 0 aromatic heterocycles. The van der Waals surface area contributed by atoms with Crippen molar-refractivity contribution in [2.75, 3.05) is 20.8 Å². The molecule has 0 saturated carbocycles. The maximum atomic E-state index is 13.2. The molecule has 29 heavy (non-hydrogen) atoms. The molecule has 9 nitrogen and oxygen atoms in total. The van der Waals surface area contributed by atoms with Gasteiger partial charge in [0.2, 0.25) is 0 Å². The molecule has 0 fully saturated rings. The molecule has 0 bridgehead atoms. The number of hydrogen-bond acceptors (Lipinski definition) is 9. The second kappa shape index (κ2) is 11.3. The summed E-state index contributed by atoms with van der Waals surface area (Å²) in [5, 5.41) is -2.97. The molecule has 0 spiro atoms. The van der Waals surface area contributed by atoms with Crippen LogP contribution in [0, 0.1) is 5.92 Å². The van der Waals surface area contributed by atoms with Gasteiger partial charge in [0.05, 0.1) is 26.6 Å². The SMILES string of the molecule is COC(=O)CC(C(=O)OCC(F)(F)C(F)C(F)(F)F)C(C(=O)OC)S(=O)(=O)[O-].[Na+]. The van der Waals surface area contributed by atoms with E-state index in [1.54, 1.807) is 0 Å². The minimum atomic E-state index is -6.02. The zero-order valence-corrected chi connectivity index (χ0v) is 17.8. The van der Waals surface area contributed by atoms with Crippen LogP contribution in [-0.2, 0) is 38.7 Å². The van der Waals surface area contributed by atoms with Crippen molar-refractivity contribution in [2.24, 2.45) is 5.92 Å². The summed E-state index contributed by atoms with van der Waals surface area (Å²) in [5.74, 6) is -13.4. The minimum Gasteiger partial charge on any atom is -0.747 e. The zero-order valence-electron chi connectivity index (χ0n) is 15.0. The third-order valence-corrected chi connectivity index (χ3v) is 4.23. The fourth-order valence-corrected chi connectivity index (χ4v) is 2.70. The van der Waals surface area contributed by atoms with E-state index in [0.29, 0.717) is 7.11 Å². The largest absolute Gasteiger partial charge is 1.00 e. The van der Waals surface area contributed by atoms with Crippen molar-refractivity contribution in [2.45, 2.75) is 29.9 Å². The van der Waals surface area contributed by atoms with Crippen molar-refractivity contribution in [3.63, 3.8) is 0 Å². The summed E-state index contributed by atoms with van der Waals surface area (Å²) in [5.41, 5.74) is 0. The van der Waals surface area contributed by atoms with Gasteiger partial charge in [-0.25, -0.2) is 12.8 Å². The molecular formula is C12H13F6NaO9S. The molecular weight excluding hydrogens is 457 g/mol. The van der Waals surface area contributed by atoms with Crippen molar-refractivity contribution in [3.05, 3.63) is 0 Å². The summed E-state index contributed by atoms with van der Waals surface area (Å²) in [6.07, 6.45) is -12.1. The van der Waals surface area contributed by atoms with Crippen LogP contribution in [0.2, 0.25) is 0 Å². The molecule has 0 amide bonds. The average Bonchev–Trinajstić information content (AvgIpc) is 2.55. The number of ether oxygens (including phenoxy) is 3. The normalized spacial score (nSPS) is 15.3. The maximum Gasteiger partial charge on any atom is 1.00 e. The van der Waals surface area contributed by atoms with E-state index >= 15 is 0 Å². The Labute approximate surface area is 182 Å². The van der Waals surface area contributed by atoms with E-state index in [1.807, 2.05) is 0 Å². The van der Waals surface area contributed by atoms with Crippen molar-refractivity contribution < 1.29 is 97.5 Å². The van der Waals surface area contributed by atoms with E-state index in [9.17, 15) is 53.7 Å². The number of carbonyl (C=O) groups excluding carboxylic acids is 3. The van der Waals surface area contributed by atoms with Crippen LogP contribution in [0.1, 0.15) is 6.42 Å². The quantitative estimate of drug-likeness (QED) is 0.116. The van der Waals surface area contributed by atoms with Crippen LogP contribution in [0.3, 0.4) is 0 Å². The Morgan fingerprint density at radius 2 is 1.48 bits per heavy atom. The molecule has 3 atom stereocenters. The van der Waals surface area contributed by atoms with Crippen molar-refractivity contribution in [1.82, 2.24) is 0 Å². The molecule has 17 heteroatoms. The molecule has 0 heterocycles. The van der Waals surface area contributed by atoms with Crippen LogP contribution in [0.25, 0.3) is 0 Å². The summed E-state index contributed by atoms with van der Waals surface area (Å²) >= 11 is 0. The van der Waals surface area contributed by atoms with Gasteiger partial charge in [-0.1, -0.05) is 0 Å². The molecule has 0 aliphatic carbocycles. The van der Waals surface area contributed by atoms with Gasteiger partial charge in [-0.2, -0.15) is 22.0 Å². The van der Waals surface area contributed by atoms with Crippen LogP contribution in [0.4, 0.5) is 26.3 Å². The molecule has 0 aromatic carbocycles. The van der Waals surface area contributed by atoms with Crippen molar-refractivity contribution in [1.29, 1.82) is 0 Å². The van der Waals surface area contributed by atoms with Gasteiger partial charge in [-0.15, -0.1) is 0 Å². The molecule has 164 valence electrons. The molecule has 0 aliphatic heterocycles. The van der Waals surface area contributed by atoms with Crippen LogP contribution < -0.4 is 29.6 Å². The first-order chi connectivity index (χ1) is 12.5. The third kappa shape index (κ3) is 9.06. The summed E-state index contributed by atoms with van der Waals surface area (Å²) < 4.78 is 121. The number of carbonyl (C=O) groups is 3. The Morgan fingerprint density at radius 1 is 1.00 bits per heavy atom. The zero-order chi connectivity index (χ0) is 22.5. The van der Waals surface area contributed by atoms with E-state index in [1.165, 1.54) is 0 Å². The number of hydrogen-bond donors (Lipinski definition) is 0. The third-order valence-electron chi connectivity index (χ3n) is 3.09. The van der Waals surface area contributed by atoms with Gasteiger partial charge < -0.3 is 18.8 Å². The predicted octanol–water partition coefficient (Wildman–Crippen LogP) is -2.66. The number of methoxy groups -OCH3 is 2. The summed E-state index contributed by atoms with van der Waals surface area (Å²) in [6.45, 7) is -2.53. The minimum absolute atomic E-state index is 0. The Morgan fingerprint density at radius 3 is 1.83 bits per heavy atom. The van der Waals surface area contributed by atoms with Crippen molar-refractivity contribution >= 4 is 28.0 Å². The van der Waals surface area contributed by atoms with E-state index in [4.69, 9.17) is 0 Å². The molecule has 0 saturated heterocycles.